The van der Waals surface area contributed by atoms with Crippen LogP contribution in [0.5, 0.6) is 5.75 Å². The molecular formula is C15H14BrFN2O2. The number of benzene rings is 2. The minimum Gasteiger partial charge on any atom is -0.491 e. The molecule has 2 aromatic rings. The van der Waals surface area contributed by atoms with Gasteiger partial charge in [0.05, 0.1) is 24.4 Å². The second-order valence-corrected chi connectivity index (χ2v) is 5.16. The van der Waals surface area contributed by atoms with Crippen molar-refractivity contribution < 1.29 is 13.9 Å². The molecule has 0 saturated carbocycles. The van der Waals surface area contributed by atoms with E-state index in [4.69, 9.17) is 10.5 Å². The van der Waals surface area contributed by atoms with Crippen molar-refractivity contribution in [2.24, 2.45) is 0 Å². The molecule has 0 aromatic heterocycles. The Hall–Kier alpha value is -2.08. The molecule has 2 aromatic carbocycles. The summed E-state index contributed by atoms with van der Waals surface area (Å²) in [5.74, 6) is -0.144. The number of carbonyl (C=O) groups excluding carboxylic acids is 1. The van der Waals surface area contributed by atoms with Gasteiger partial charge in [-0.05, 0) is 46.3 Å². The van der Waals surface area contributed by atoms with Crippen LogP contribution < -0.4 is 15.8 Å². The van der Waals surface area contributed by atoms with Crippen molar-refractivity contribution in [2.75, 3.05) is 17.7 Å². The van der Waals surface area contributed by atoms with Crippen LogP contribution in [0.4, 0.5) is 15.8 Å². The van der Waals surface area contributed by atoms with E-state index in [1.807, 2.05) is 0 Å². The van der Waals surface area contributed by atoms with Crippen LogP contribution in [-0.2, 0) is 4.79 Å². The third-order valence-corrected chi connectivity index (χ3v) is 3.40. The van der Waals surface area contributed by atoms with Crippen LogP contribution in [0.1, 0.15) is 6.42 Å². The molecule has 0 aliphatic carbocycles. The molecule has 0 heterocycles. The van der Waals surface area contributed by atoms with Crippen LogP contribution in [0.15, 0.2) is 46.9 Å². The number of nitrogens with two attached hydrogens (primary N) is 1. The maximum absolute atomic E-state index is 13.1. The number of nitrogens with one attached hydrogen (secondary N) is 1. The highest BCUT2D eigenvalue weighted by Crippen LogP contribution is 2.23. The fourth-order valence-corrected chi connectivity index (χ4v) is 2.02. The summed E-state index contributed by atoms with van der Waals surface area (Å²) in [5.41, 5.74) is 6.63. The quantitative estimate of drug-likeness (QED) is 0.808. The summed E-state index contributed by atoms with van der Waals surface area (Å²) in [6.45, 7) is 0.187. The van der Waals surface area contributed by atoms with E-state index in [9.17, 15) is 9.18 Å². The van der Waals surface area contributed by atoms with Gasteiger partial charge in [-0.25, -0.2) is 4.39 Å². The van der Waals surface area contributed by atoms with Gasteiger partial charge in [-0.2, -0.15) is 0 Å². The highest BCUT2D eigenvalue weighted by atomic mass is 79.9. The zero-order valence-corrected chi connectivity index (χ0v) is 12.7. The number of ether oxygens (including phenoxy) is 1. The van der Waals surface area contributed by atoms with Gasteiger partial charge in [0.2, 0.25) is 5.91 Å². The van der Waals surface area contributed by atoms with Crippen molar-refractivity contribution in [1.29, 1.82) is 0 Å². The predicted octanol–water partition coefficient (Wildman–Crippen LogP) is 3.58. The van der Waals surface area contributed by atoms with E-state index < -0.39 is 5.82 Å². The van der Waals surface area contributed by atoms with E-state index in [1.165, 1.54) is 18.2 Å². The minimum atomic E-state index is -0.415. The van der Waals surface area contributed by atoms with Crippen LogP contribution in [0.2, 0.25) is 0 Å². The van der Waals surface area contributed by atoms with E-state index >= 15 is 0 Å². The van der Waals surface area contributed by atoms with Gasteiger partial charge in [0, 0.05) is 4.47 Å². The summed E-state index contributed by atoms with van der Waals surface area (Å²) in [6, 6.07) is 11.1. The fourth-order valence-electron chi connectivity index (χ4n) is 1.67. The summed E-state index contributed by atoms with van der Waals surface area (Å²) in [4.78, 5) is 11.8. The summed E-state index contributed by atoms with van der Waals surface area (Å²) in [5, 5.41) is 2.61. The highest BCUT2D eigenvalue weighted by molar-refractivity contribution is 9.10. The fraction of sp³-hybridized carbons (Fsp3) is 0.133. The van der Waals surface area contributed by atoms with Gasteiger partial charge in [-0.3, -0.25) is 4.79 Å². The first-order chi connectivity index (χ1) is 10.1. The standard InChI is InChI=1S/C15H14BrFN2O2/c16-11-6-5-10(17)9-13(11)19-15(20)7-8-21-14-4-2-1-3-12(14)18/h1-6,9H,7-8,18H2,(H,19,20). The number of halogens is 2. The Bertz CT molecular complexity index is 649. The van der Waals surface area contributed by atoms with Crippen LogP contribution >= 0.6 is 15.9 Å². The van der Waals surface area contributed by atoms with E-state index in [1.54, 1.807) is 24.3 Å². The van der Waals surface area contributed by atoms with Crippen LogP contribution in [0.3, 0.4) is 0 Å². The molecule has 0 aliphatic rings. The number of hydrogen-bond donors (Lipinski definition) is 2. The van der Waals surface area contributed by atoms with E-state index in [0.717, 1.165) is 0 Å². The average Bonchev–Trinajstić information content (AvgIpc) is 2.45. The van der Waals surface area contributed by atoms with Gasteiger partial charge in [0.15, 0.2) is 0 Å². The first kappa shape index (κ1) is 15.3. The summed E-state index contributed by atoms with van der Waals surface area (Å²) >= 11 is 3.24. The molecule has 0 radical (unpaired) electrons. The van der Waals surface area contributed by atoms with Crippen LogP contribution in [-0.4, -0.2) is 12.5 Å². The average molecular weight is 353 g/mol. The van der Waals surface area contributed by atoms with Crippen molar-refractivity contribution in [3.8, 4) is 5.75 Å². The molecule has 110 valence electrons. The Morgan fingerprint density at radius 2 is 2.05 bits per heavy atom. The van der Waals surface area contributed by atoms with Crippen molar-refractivity contribution >= 4 is 33.2 Å². The number of amides is 1. The summed E-state index contributed by atoms with van der Waals surface area (Å²) in [6.07, 6.45) is 0.136. The molecule has 0 spiro atoms. The number of para-hydroxylation sites is 2. The van der Waals surface area contributed by atoms with E-state index in [2.05, 4.69) is 21.2 Å². The highest BCUT2D eigenvalue weighted by Gasteiger charge is 2.07. The molecule has 21 heavy (non-hydrogen) atoms. The normalized spacial score (nSPS) is 10.2. The summed E-state index contributed by atoms with van der Waals surface area (Å²) < 4.78 is 19.1. The molecule has 1 amide bonds. The van der Waals surface area contributed by atoms with Gasteiger partial charge in [0.25, 0.3) is 0 Å². The Morgan fingerprint density at radius 1 is 1.29 bits per heavy atom. The van der Waals surface area contributed by atoms with Gasteiger partial charge in [-0.1, -0.05) is 12.1 Å². The number of nitrogen functional groups attached to an aromatic ring is 1. The minimum absolute atomic E-state index is 0.136. The lowest BCUT2D eigenvalue weighted by Crippen LogP contribution is -2.15. The number of carbonyl (C=O) groups is 1. The first-order valence-electron chi connectivity index (χ1n) is 6.28. The topological polar surface area (TPSA) is 64.3 Å². The molecule has 0 bridgehead atoms. The lowest BCUT2D eigenvalue weighted by Gasteiger charge is -2.10. The molecule has 0 saturated heterocycles. The number of rotatable bonds is 5. The van der Waals surface area contributed by atoms with E-state index in [-0.39, 0.29) is 18.9 Å². The molecule has 3 N–H and O–H groups in total. The van der Waals surface area contributed by atoms with Crippen LogP contribution in [0, 0.1) is 5.82 Å². The lowest BCUT2D eigenvalue weighted by atomic mass is 10.3. The molecular weight excluding hydrogens is 339 g/mol. The zero-order chi connectivity index (χ0) is 15.2. The maximum Gasteiger partial charge on any atom is 0.227 e. The number of anilines is 2. The van der Waals surface area contributed by atoms with Gasteiger partial charge in [0.1, 0.15) is 11.6 Å². The monoisotopic (exact) mass is 352 g/mol. The molecule has 0 atom stereocenters. The Kier molecular flexibility index (Phi) is 5.16. The Morgan fingerprint density at radius 3 is 2.81 bits per heavy atom. The molecule has 0 unspecified atom stereocenters. The molecule has 4 nitrogen and oxygen atoms in total. The van der Waals surface area contributed by atoms with Gasteiger partial charge < -0.3 is 15.8 Å². The Balaban J connectivity index is 1.85. The Labute approximate surface area is 130 Å². The third-order valence-electron chi connectivity index (χ3n) is 2.71. The van der Waals surface area contributed by atoms with Crippen molar-refractivity contribution in [3.05, 3.63) is 52.8 Å². The van der Waals surface area contributed by atoms with Gasteiger partial charge in [-0.15, -0.1) is 0 Å². The van der Waals surface area contributed by atoms with E-state index in [0.29, 0.717) is 21.6 Å². The largest absolute Gasteiger partial charge is 0.491 e. The second-order valence-electron chi connectivity index (χ2n) is 4.31. The number of hydrogen-bond acceptors (Lipinski definition) is 3. The lowest BCUT2D eigenvalue weighted by molar-refractivity contribution is -0.116. The molecule has 0 fully saturated rings. The zero-order valence-electron chi connectivity index (χ0n) is 11.1. The van der Waals surface area contributed by atoms with Crippen LogP contribution in [0.25, 0.3) is 0 Å². The van der Waals surface area contributed by atoms with Crippen molar-refractivity contribution in [2.45, 2.75) is 6.42 Å². The predicted molar refractivity (Wildman–Crippen MR) is 83.7 cm³/mol. The molecule has 2 rings (SSSR count). The molecule has 0 aliphatic heterocycles. The first-order valence-corrected chi connectivity index (χ1v) is 7.08. The van der Waals surface area contributed by atoms with Crippen molar-refractivity contribution in [3.63, 3.8) is 0 Å². The van der Waals surface area contributed by atoms with Gasteiger partial charge >= 0.3 is 0 Å². The smallest absolute Gasteiger partial charge is 0.227 e. The maximum atomic E-state index is 13.1. The third kappa shape index (κ3) is 4.46. The SMILES string of the molecule is Nc1ccccc1OCCC(=O)Nc1cc(F)ccc1Br. The second kappa shape index (κ2) is 7.08. The van der Waals surface area contributed by atoms with Crippen molar-refractivity contribution in [1.82, 2.24) is 0 Å². The molecule has 6 heteroatoms. The summed E-state index contributed by atoms with van der Waals surface area (Å²) in [7, 11) is 0.